The van der Waals surface area contributed by atoms with Gasteiger partial charge in [0.05, 0.1) is 12.8 Å². The minimum atomic E-state index is -3.13. The second-order valence-corrected chi connectivity index (χ2v) is 9.29. The zero-order chi connectivity index (χ0) is 23.8. The topological polar surface area (TPSA) is 68.5 Å². The maximum absolute atomic E-state index is 13.6. The van der Waals surface area contributed by atoms with Crippen LogP contribution in [0.4, 0.5) is 14.5 Å². The van der Waals surface area contributed by atoms with Crippen LogP contribution in [0.3, 0.4) is 0 Å². The van der Waals surface area contributed by atoms with Crippen molar-refractivity contribution in [3.63, 3.8) is 0 Å². The summed E-state index contributed by atoms with van der Waals surface area (Å²) in [6.45, 7) is 5.33. The van der Waals surface area contributed by atoms with Crippen molar-refractivity contribution in [3.05, 3.63) is 53.7 Å². The Labute approximate surface area is 192 Å². The molecule has 0 unspecified atom stereocenters. The van der Waals surface area contributed by atoms with Crippen LogP contribution in [0.2, 0.25) is 0 Å². The summed E-state index contributed by atoms with van der Waals surface area (Å²) in [5.41, 5.74) is 1.64. The van der Waals surface area contributed by atoms with E-state index in [1.165, 1.54) is 38.2 Å². The molecule has 1 amide bonds. The van der Waals surface area contributed by atoms with Crippen LogP contribution in [0, 0.1) is 11.8 Å². The summed E-state index contributed by atoms with van der Waals surface area (Å²) in [6, 6.07) is 5.76. The maximum Gasteiger partial charge on any atom is 0.287 e. The predicted molar refractivity (Wildman–Crippen MR) is 123 cm³/mol. The number of imidazole rings is 1. The van der Waals surface area contributed by atoms with Crippen LogP contribution >= 0.6 is 0 Å². The lowest BCUT2D eigenvalue weighted by Gasteiger charge is -2.29. The molecular formula is C25H30F2N4O2. The zero-order valence-electron chi connectivity index (χ0n) is 19.4. The lowest BCUT2D eigenvalue weighted by atomic mass is 9.76. The van der Waals surface area contributed by atoms with E-state index in [1.54, 1.807) is 12.3 Å². The standard InChI is InChI=1S/C25H30F2N4O2/c1-15(2)16-8-10-17(11-9-16)19-13-31-14-20(21(33-4)12-23(31)29-19)30-24(32)18-6-5-7-22(28-18)25(3,26)27/h5-7,12-17H,8-11H2,1-4H3,(H,30,32)/t16-,17-. The molecule has 1 aliphatic rings. The summed E-state index contributed by atoms with van der Waals surface area (Å²) in [7, 11) is 1.51. The van der Waals surface area contributed by atoms with Crippen LogP contribution in [-0.4, -0.2) is 27.4 Å². The molecule has 3 aromatic rings. The Morgan fingerprint density at radius 1 is 1.18 bits per heavy atom. The molecule has 0 aliphatic heterocycles. The van der Waals surface area contributed by atoms with Gasteiger partial charge in [0, 0.05) is 31.3 Å². The number of pyridine rings is 2. The van der Waals surface area contributed by atoms with Gasteiger partial charge in [-0.15, -0.1) is 0 Å². The number of nitrogens with zero attached hydrogens (tertiary/aromatic N) is 3. The smallest absolute Gasteiger partial charge is 0.287 e. The molecule has 6 nitrogen and oxygen atoms in total. The molecule has 0 aromatic carbocycles. The van der Waals surface area contributed by atoms with Crippen molar-refractivity contribution in [2.45, 2.75) is 58.3 Å². The van der Waals surface area contributed by atoms with Gasteiger partial charge in [0.2, 0.25) is 0 Å². The van der Waals surface area contributed by atoms with Crippen molar-refractivity contribution in [1.29, 1.82) is 0 Å². The molecule has 33 heavy (non-hydrogen) atoms. The molecule has 0 bridgehead atoms. The minimum absolute atomic E-state index is 0.0931. The number of hydrogen-bond donors (Lipinski definition) is 1. The quantitative estimate of drug-likeness (QED) is 0.492. The second kappa shape index (κ2) is 9.08. The van der Waals surface area contributed by atoms with E-state index in [0.29, 0.717) is 23.3 Å². The Bertz CT molecular complexity index is 1150. The van der Waals surface area contributed by atoms with E-state index in [4.69, 9.17) is 9.72 Å². The largest absolute Gasteiger partial charge is 0.494 e. The van der Waals surface area contributed by atoms with Crippen molar-refractivity contribution in [2.24, 2.45) is 11.8 Å². The third-order valence-electron chi connectivity index (χ3n) is 6.61. The first-order valence-electron chi connectivity index (χ1n) is 11.4. The number of rotatable bonds is 6. The normalized spacial score (nSPS) is 19.1. The first-order chi connectivity index (χ1) is 15.7. The summed E-state index contributed by atoms with van der Waals surface area (Å²) in [5, 5.41) is 2.74. The molecule has 176 valence electrons. The van der Waals surface area contributed by atoms with Gasteiger partial charge in [-0.25, -0.2) is 9.97 Å². The summed E-state index contributed by atoms with van der Waals surface area (Å²) >= 11 is 0. The van der Waals surface area contributed by atoms with E-state index in [0.717, 1.165) is 37.0 Å². The molecule has 0 saturated heterocycles. The molecule has 8 heteroatoms. The van der Waals surface area contributed by atoms with E-state index >= 15 is 0 Å². The highest BCUT2D eigenvalue weighted by Crippen LogP contribution is 2.39. The van der Waals surface area contributed by atoms with Crippen LogP contribution < -0.4 is 10.1 Å². The summed E-state index contributed by atoms with van der Waals surface area (Å²) in [6.07, 6.45) is 8.41. The third-order valence-corrected chi connectivity index (χ3v) is 6.61. The Hall–Kier alpha value is -3.03. The Balaban J connectivity index is 1.56. The zero-order valence-corrected chi connectivity index (χ0v) is 19.4. The minimum Gasteiger partial charge on any atom is -0.494 e. The number of methoxy groups -OCH3 is 1. The number of carbonyl (C=O) groups is 1. The number of nitrogens with one attached hydrogen (secondary N) is 1. The molecule has 4 rings (SSSR count). The number of carbonyl (C=O) groups excluding carboxylic acids is 1. The van der Waals surface area contributed by atoms with Crippen LogP contribution in [-0.2, 0) is 5.92 Å². The Morgan fingerprint density at radius 2 is 1.91 bits per heavy atom. The summed E-state index contributed by atoms with van der Waals surface area (Å²) < 4.78 is 34.5. The molecular weight excluding hydrogens is 426 g/mol. The van der Waals surface area contributed by atoms with Gasteiger partial charge in [0.15, 0.2) is 0 Å². The number of ether oxygens (including phenoxy) is 1. The van der Waals surface area contributed by atoms with E-state index in [2.05, 4.69) is 24.1 Å². The third kappa shape index (κ3) is 4.99. The van der Waals surface area contributed by atoms with Gasteiger partial charge < -0.3 is 14.5 Å². The highest BCUT2D eigenvalue weighted by molar-refractivity contribution is 6.03. The number of alkyl halides is 2. The molecule has 1 saturated carbocycles. The number of fused-ring (bicyclic) bond motifs is 1. The molecule has 0 radical (unpaired) electrons. The maximum atomic E-state index is 13.6. The van der Waals surface area contributed by atoms with Crippen molar-refractivity contribution in [3.8, 4) is 5.75 Å². The van der Waals surface area contributed by atoms with E-state index in [1.807, 2.05) is 10.6 Å². The average Bonchev–Trinajstić information content (AvgIpc) is 3.21. The first kappa shape index (κ1) is 23.1. The lowest BCUT2D eigenvalue weighted by molar-refractivity contribution is 0.0126. The monoisotopic (exact) mass is 456 g/mol. The van der Waals surface area contributed by atoms with Crippen molar-refractivity contribution >= 4 is 17.2 Å². The molecule has 3 aromatic heterocycles. The number of amides is 1. The van der Waals surface area contributed by atoms with E-state index in [-0.39, 0.29) is 5.69 Å². The summed E-state index contributed by atoms with van der Waals surface area (Å²) in [4.78, 5) is 21.4. The molecule has 1 N–H and O–H groups in total. The fourth-order valence-electron chi connectivity index (χ4n) is 4.57. The highest BCUT2D eigenvalue weighted by Gasteiger charge is 2.28. The fraction of sp³-hybridized carbons (Fsp3) is 0.480. The number of halogens is 2. The molecule has 3 heterocycles. The van der Waals surface area contributed by atoms with Crippen LogP contribution in [0.5, 0.6) is 5.75 Å². The average molecular weight is 457 g/mol. The Morgan fingerprint density at radius 3 is 2.55 bits per heavy atom. The fourth-order valence-corrected chi connectivity index (χ4v) is 4.57. The summed E-state index contributed by atoms with van der Waals surface area (Å²) in [5.74, 6) is -1.37. The van der Waals surface area contributed by atoms with Crippen LogP contribution in [0.1, 0.15) is 74.2 Å². The molecule has 0 atom stereocenters. The lowest BCUT2D eigenvalue weighted by Crippen LogP contribution is -2.18. The van der Waals surface area contributed by atoms with Gasteiger partial charge in [-0.05, 0) is 49.7 Å². The van der Waals surface area contributed by atoms with E-state index in [9.17, 15) is 13.6 Å². The SMILES string of the molecule is COc1cc2nc([C@H]3CC[C@H](C(C)C)CC3)cn2cc1NC(=O)c1cccc(C(C)(F)F)n1. The van der Waals surface area contributed by atoms with Gasteiger partial charge in [-0.3, -0.25) is 4.79 Å². The van der Waals surface area contributed by atoms with Gasteiger partial charge in [-0.2, -0.15) is 8.78 Å². The number of aromatic nitrogens is 3. The van der Waals surface area contributed by atoms with Gasteiger partial charge >= 0.3 is 0 Å². The highest BCUT2D eigenvalue weighted by atomic mass is 19.3. The Kier molecular flexibility index (Phi) is 6.36. The van der Waals surface area contributed by atoms with Crippen molar-refractivity contribution in [1.82, 2.24) is 14.4 Å². The predicted octanol–water partition coefficient (Wildman–Crippen LogP) is 6.03. The van der Waals surface area contributed by atoms with Crippen molar-refractivity contribution in [2.75, 3.05) is 12.4 Å². The molecule has 1 aliphatic carbocycles. The van der Waals surface area contributed by atoms with Crippen LogP contribution in [0.15, 0.2) is 36.7 Å². The molecule has 0 spiro atoms. The number of anilines is 1. The molecule has 1 fully saturated rings. The number of hydrogen-bond acceptors (Lipinski definition) is 4. The van der Waals surface area contributed by atoms with Gasteiger partial charge in [-0.1, -0.05) is 19.9 Å². The first-order valence-corrected chi connectivity index (χ1v) is 11.4. The van der Waals surface area contributed by atoms with Crippen LogP contribution in [0.25, 0.3) is 5.65 Å². The van der Waals surface area contributed by atoms with Gasteiger partial charge in [0.1, 0.15) is 28.5 Å². The second-order valence-electron chi connectivity index (χ2n) is 9.29. The van der Waals surface area contributed by atoms with Gasteiger partial charge in [0.25, 0.3) is 11.8 Å². The van der Waals surface area contributed by atoms with E-state index < -0.39 is 17.5 Å². The van der Waals surface area contributed by atoms with Crippen molar-refractivity contribution < 1.29 is 18.3 Å².